The molecule has 5 atom stereocenters. The largest absolute Gasteiger partial charge is 0.632 e. The van der Waals surface area contributed by atoms with Gasteiger partial charge in [0.25, 0.3) is 0 Å². The fraction of sp³-hybridized carbons (Fsp3) is 0.588. The number of esters is 1. The van der Waals surface area contributed by atoms with Gasteiger partial charge in [0.2, 0.25) is 0 Å². The standard InChI is InChI=1S/C17H21NO5.BrH/c1-18(21)13-7-11(8-14(18)16-15(13)23-16)22-17(20)12(9-19)10-5-3-2-4-6-10;/h2-6,11-16,19H,7-9H2,1H3;1H/t11?,12-,13?,14?,15?,16?,18?;/m1./s1. The Balaban J connectivity index is 0.00000169. The summed E-state index contributed by atoms with van der Waals surface area (Å²) < 4.78 is 10.9. The molecule has 1 aromatic rings. The number of epoxide rings is 1. The van der Waals surface area contributed by atoms with Crippen LogP contribution in [0.4, 0.5) is 0 Å². The highest BCUT2D eigenvalue weighted by Crippen LogP contribution is 2.52. The first-order chi connectivity index (χ1) is 11.0. The molecule has 3 aliphatic rings. The molecular weight excluding hydrogens is 378 g/mol. The first kappa shape index (κ1) is 17.8. The molecule has 1 aromatic carbocycles. The number of hydroxylamine groups is 3. The van der Waals surface area contributed by atoms with E-state index in [1.807, 2.05) is 18.2 Å². The van der Waals surface area contributed by atoms with Gasteiger partial charge in [0.1, 0.15) is 36.3 Å². The van der Waals surface area contributed by atoms with Crippen molar-refractivity contribution >= 4 is 23.0 Å². The van der Waals surface area contributed by atoms with Crippen LogP contribution in [0.5, 0.6) is 0 Å². The number of quaternary nitrogens is 1. The van der Waals surface area contributed by atoms with Crippen molar-refractivity contribution in [2.45, 2.75) is 49.2 Å². The van der Waals surface area contributed by atoms with Crippen LogP contribution in [0, 0.1) is 5.21 Å². The Morgan fingerprint density at radius 1 is 1.33 bits per heavy atom. The highest BCUT2D eigenvalue weighted by molar-refractivity contribution is 8.93. The maximum absolute atomic E-state index is 12.6. The van der Waals surface area contributed by atoms with Crippen LogP contribution in [0.25, 0.3) is 0 Å². The van der Waals surface area contributed by atoms with Crippen LogP contribution in [-0.2, 0) is 14.3 Å². The number of carbonyl (C=O) groups is 1. The molecule has 0 saturated carbocycles. The molecular formula is C17H22BrNO5. The quantitative estimate of drug-likeness (QED) is 0.359. The van der Waals surface area contributed by atoms with E-state index in [2.05, 4.69) is 0 Å². The van der Waals surface area contributed by atoms with E-state index in [9.17, 15) is 15.1 Å². The van der Waals surface area contributed by atoms with Crippen LogP contribution in [0.2, 0.25) is 0 Å². The van der Waals surface area contributed by atoms with Gasteiger partial charge in [0, 0.05) is 12.8 Å². The van der Waals surface area contributed by atoms with Gasteiger partial charge < -0.3 is 24.4 Å². The van der Waals surface area contributed by atoms with Crippen molar-refractivity contribution in [1.82, 2.24) is 0 Å². The van der Waals surface area contributed by atoms with E-state index in [4.69, 9.17) is 9.47 Å². The molecule has 0 spiro atoms. The zero-order valence-corrected chi connectivity index (χ0v) is 15.1. The molecule has 2 bridgehead atoms. The van der Waals surface area contributed by atoms with E-state index in [1.54, 1.807) is 19.2 Å². The minimum absolute atomic E-state index is 0. The predicted molar refractivity (Wildman–Crippen MR) is 91.5 cm³/mol. The van der Waals surface area contributed by atoms with Gasteiger partial charge in [-0.05, 0) is 5.56 Å². The summed E-state index contributed by atoms with van der Waals surface area (Å²) in [7, 11) is 1.70. The molecule has 0 aromatic heterocycles. The number of benzene rings is 1. The van der Waals surface area contributed by atoms with Crippen LogP contribution in [0.1, 0.15) is 24.3 Å². The number of ether oxygens (including phenoxy) is 2. The lowest BCUT2D eigenvalue weighted by Gasteiger charge is -2.51. The zero-order valence-electron chi connectivity index (χ0n) is 13.4. The highest BCUT2D eigenvalue weighted by atomic mass is 79.9. The molecule has 3 saturated heterocycles. The predicted octanol–water partition coefficient (Wildman–Crippen LogP) is 1.51. The first-order valence-corrected chi connectivity index (χ1v) is 8.11. The number of piperidine rings is 1. The maximum atomic E-state index is 12.6. The molecule has 4 unspecified atom stereocenters. The van der Waals surface area contributed by atoms with Crippen molar-refractivity contribution in [2.24, 2.45) is 0 Å². The van der Waals surface area contributed by atoms with Crippen LogP contribution in [0.15, 0.2) is 30.3 Å². The number of halogens is 1. The second-order valence-electron chi connectivity index (χ2n) is 6.94. The summed E-state index contributed by atoms with van der Waals surface area (Å²) in [4.78, 5) is 12.4. The van der Waals surface area contributed by atoms with Crippen molar-refractivity contribution in [3.05, 3.63) is 41.1 Å². The molecule has 132 valence electrons. The highest BCUT2D eigenvalue weighted by Gasteiger charge is 2.69. The number of fused-ring (bicyclic) bond motifs is 5. The molecule has 0 amide bonds. The summed E-state index contributed by atoms with van der Waals surface area (Å²) in [6.07, 6.45) is 0.891. The van der Waals surface area contributed by atoms with Crippen molar-refractivity contribution in [3.63, 3.8) is 0 Å². The number of aliphatic hydroxyl groups excluding tert-OH is 1. The van der Waals surface area contributed by atoms with Gasteiger partial charge in [-0.3, -0.25) is 4.79 Å². The van der Waals surface area contributed by atoms with Gasteiger partial charge >= 0.3 is 5.97 Å². The molecule has 3 heterocycles. The van der Waals surface area contributed by atoms with Crippen molar-refractivity contribution in [1.29, 1.82) is 0 Å². The Bertz CT molecular complexity index is 590. The van der Waals surface area contributed by atoms with Gasteiger partial charge in [0.15, 0.2) is 0 Å². The Morgan fingerprint density at radius 2 is 1.92 bits per heavy atom. The number of carbonyl (C=O) groups excluding carboxylic acids is 1. The third kappa shape index (κ3) is 2.78. The molecule has 3 aliphatic heterocycles. The van der Waals surface area contributed by atoms with Gasteiger partial charge in [-0.25, -0.2) is 0 Å². The average Bonchev–Trinajstić information content (AvgIpc) is 3.27. The lowest BCUT2D eigenvalue weighted by molar-refractivity contribution is -0.911. The number of hydrogen-bond acceptors (Lipinski definition) is 5. The molecule has 0 radical (unpaired) electrons. The molecule has 3 fully saturated rings. The minimum atomic E-state index is -0.672. The van der Waals surface area contributed by atoms with E-state index < -0.39 is 11.9 Å². The molecule has 1 N–H and O–H groups in total. The molecule has 24 heavy (non-hydrogen) atoms. The topological polar surface area (TPSA) is 82.1 Å². The van der Waals surface area contributed by atoms with Crippen molar-refractivity contribution in [2.75, 3.05) is 13.7 Å². The second kappa shape index (κ2) is 6.38. The number of rotatable bonds is 4. The summed E-state index contributed by atoms with van der Waals surface area (Å²) in [5.74, 6) is -1.09. The fourth-order valence-corrected chi connectivity index (χ4v) is 4.25. The number of morpholine rings is 1. The van der Waals surface area contributed by atoms with E-state index in [-0.39, 0.29) is 58.6 Å². The monoisotopic (exact) mass is 399 g/mol. The van der Waals surface area contributed by atoms with E-state index in [0.717, 1.165) is 5.56 Å². The van der Waals surface area contributed by atoms with Gasteiger partial charge in [-0.1, -0.05) is 30.3 Å². The van der Waals surface area contributed by atoms with Crippen molar-refractivity contribution in [3.8, 4) is 0 Å². The fourth-order valence-electron chi connectivity index (χ4n) is 4.25. The second-order valence-corrected chi connectivity index (χ2v) is 6.94. The Morgan fingerprint density at radius 3 is 2.46 bits per heavy atom. The lowest BCUT2D eigenvalue weighted by Crippen LogP contribution is -2.58. The van der Waals surface area contributed by atoms with Gasteiger partial charge in [-0.15, -0.1) is 17.0 Å². The smallest absolute Gasteiger partial charge is 0.316 e. The maximum Gasteiger partial charge on any atom is 0.316 e. The number of hydrogen-bond donors (Lipinski definition) is 1. The summed E-state index contributed by atoms with van der Waals surface area (Å²) in [5.41, 5.74) is 0.745. The summed E-state index contributed by atoms with van der Waals surface area (Å²) in [5, 5.41) is 22.2. The third-order valence-electron chi connectivity index (χ3n) is 5.60. The number of nitrogens with zero attached hydrogens (tertiary/aromatic N) is 1. The number of likely N-dealkylation sites (N-methyl/N-ethyl adjacent to an activating group) is 1. The summed E-state index contributed by atoms with van der Waals surface area (Å²) in [6, 6.07) is 8.86. The minimum Gasteiger partial charge on any atom is -0.632 e. The third-order valence-corrected chi connectivity index (χ3v) is 5.60. The Hall–Kier alpha value is -0.990. The van der Waals surface area contributed by atoms with Gasteiger partial charge in [0.05, 0.1) is 13.7 Å². The van der Waals surface area contributed by atoms with Crippen molar-refractivity contribution < 1.29 is 24.0 Å². The van der Waals surface area contributed by atoms with Gasteiger partial charge in [-0.2, -0.15) is 0 Å². The first-order valence-electron chi connectivity index (χ1n) is 8.11. The SMILES string of the molecule is Br.C[N+]1([O-])C2CC(OC(=O)[C@H](CO)c3ccccc3)CC1C1OC12. The van der Waals surface area contributed by atoms with E-state index in [1.165, 1.54) is 0 Å². The summed E-state index contributed by atoms with van der Waals surface area (Å²) in [6.45, 7) is -0.286. The molecule has 6 nitrogen and oxygen atoms in total. The van der Waals surface area contributed by atoms with Crippen LogP contribution in [0.3, 0.4) is 0 Å². The van der Waals surface area contributed by atoms with Crippen LogP contribution in [-0.4, -0.2) is 59.8 Å². The normalized spacial score (nSPS) is 40.2. The Labute approximate surface area is 151 Å². The number of aliphatic hydroxyl groups is 1. The van der Waals surface area contributed by atoms with E-state index in [0.29, 0.717) is 12.8 Å². The molecule has 4 rings (SSSR count). The average molecular weight is 400 g/mol. The zero-order chi connectivity index (χ0) is 16.2. The lowest BCUT2D eigenvalue weighted by atomic mass is 9.97. The van der Waals surface area contributed by atoms with Crippen LogP contribution < -0.4 is 0 Å². The Kier molecular flexibility index (Phi) is 4.74. The van der Waals surface area contributed by atoms with Crippen LogP contribution >= 0.6 is 17.0 Å². The summed E-state index contributed by atoms with van der Waals surface area (Å²) >= 11 is 0. The molecule has 7 heteroatoms. The van der Waals surface area contributed by atoms with E-state index >= 15 is 0 Å². The molecule has 0 aliphatic carbocycles.